The molecule has 3 rings (SSSR count). The van der Waals surface area contributed by atoms with Crippen LogP contribution in [0.2, 0.25) is 5.28 Å². The van der Waals surface area contributed by atoms with Crippen molar-refractivity contribution >= 4 is 33.2 Å². The van der Waals surface area contributed by atoms with E-state index in [2.05, 4.69) is 41.9 Å². The fourth-order valence-electron chi connectivity index (χ4n) is 2.56. The van der Waals surface area contributed by atoms with Crippen LogP contribution in [0.1, 0.15) is 28.8 Å². The molecule has 0 radical (unpaired) electrons. The molecule has 4 nitrogen and oxygen atoms in total. The first-order valence-electron chi connectivity index (χ1n) is 6.50. The summed E-state index contributed by atoms with van der Waals surface area (Å²) in [6, 6.07) is 2.09. The summed E-state index contributed by atoms with van der Waals surface area (Å²) >= 11 is 7.68. The number of hydrogen-bond donors (Lipinski definition) is 0. The Balaban J connectivity index is 2.34. The molecule has 0 aliphatic heterocycles. The van der Waals surface area contributed by atoms with Crippen molar-refractivity contribution in [2.24, 2.45) is 0 Å². The molecule has 0 saturated heterocycles. The summed E-state index contributed by atoms with van der Waals surface area (Å²) in [5.74, 6) is 0.768. The topological polar surface area (TPSA) is 43.6 Å². The van der Waals surface area contributed by atoms with Gasteiger partial charge in [0.1, 0.15) is 4.83 Å². The van der Waals surface area contributed by atoms with Crippen molar-refractivity contribution in [2.75, 3.05) is 0 Å². The highest BCUT2D eigenvalue weighted by atomic mass is 35.5. The molecule has 3 aromatic rings. The summed E-state index contributed by atoms with van der Waals surface area (Å²) in [4.78, 5) is 10.8. The molecule has 20 heavy (non-hydrogen) atoms. The van der Waals surface area contributed by atoms with Gasteiger partial charge in [0.25, 0.3) is 0 Å². The van der Waals surface area contributed by atoms with E-state index in [1.165, 1.54) is 10.4 Å². The summed E-state index contributed by atoms with van der Waals surface area (Å²) in [5.41, 5.74) is 3.42. The molecule has 0 bridgehead atoms. The third-order valence-corrected chi connectivity index (χ3v) is 4.58. The van der Waals surface area contributed by atoms with E-state index in [0.717, 1.165) is 33.8 Å². The Hall–Kier alpha value is -1.46. The molecule has 0 atom stereocenters. The lowest BCUT2D eigenvalue weighted by Crippen LogP contribution is -2.04. The van der Waals surface area contributed by atoms with Crippen LogP contribution >= 0.6 is 22.9 Å². The molecule has 0 saturated carbocycles. The number of fused-ring (bicyclic) bond motifs is 1. The zero-order valence-electron chi connectivity index (χ0n) is 11.9. The van der Waals surface area contributed by atoms with Gasteiger partial charge in [0.05, 0.1) is 11.1 Å². The average Bonchev–Trinajstić information content (AvgIpc) is 2.88. The van der Waals surface area contributed by atoms with Crippen LogP contribution in [0.3, 0.4) is 0 Å². The van der Waals surface area contributed by atoms with Gasteiger partial charge in [-0.05, 0) is 50.4 Å². The third kappa shape index (κ3) is 2.01. The molecule has 0 spiro atoms. The second kappa shape index (κ2) is 4.82. The predicted octanol–water partition coefficient (Wildman–Crippen LogP) is 4.02. The normalized spacial score (nSPS) is 11.4. The van der Waals surface area contributed by atoms with Gasteiger partial charge in [-0.3, -0.25) is 0 Å². The molecule has 0 amide bonds. The number of thiophene rings is 1. The third-order valence-electron chi connectivity index (χ3n) is 3.46. The van der Waals surface area contributed by atoms with E-state index in [-0.39, 0.29) is 5.28 Å². The minimum atomic E-state index is 0.264. The number of aromatic nitrogens is 4. The van der Waals surface area contributed by atoms with Crippen LogP contribution in [0.5, 0.6) is 0 Å². The van der Waals surface area contributed by atoms with Gasteiger partial charge in [-0.1, -0.05) is 6.92 Å². The molecule has 0 aliphatic rings. The summed E-state index contributed by atoms with van der Waals surface area (Å²) in [6.07, 6.45) is 0.961. The average molecular weight is 307 g/mol. The van der Waals surface area contributed by atoms with E-state index >= 15 is 0 Å². The van der Waals surface area contributed by atoms with Gasteiger partial charge in [-0.2, -0.15) is 10.1 Å². The zero-order chi connectivity index (χ0) is 14.4. The molecule has 3 heterocycles. The van der Waals surface area contributed by atoms with E-state index in [0.29, 0.717) is 0 Å². The van der Waals surface area contributed by atoms with Crippen molar-refractivity contribution in [3.8, 4) is 5.82 Å². The Morgan fingerprint density at radius 1 is 1.25 bits per heavy atom. The van der Waals surface area contributed by atoms with Crippen molar-refractivity contribution < 1.29 is 0 Å². The van der Waals surface area contributed by atoms with Crippen LogP contribution in [0.15, 0.2) is 6.07 Å². The zero-order valence-corrected chi connectivity index (χ0v) is 13.4. The Bertz CT molecular complexity index is 803. The molecule has 0 N–H and O–H groups in total. The molecule has 0 fully saturated rings. The van der Waals surface area contributed by atoms with Gasteiger partial charge in [0.15, 0.2) is 5.82 Å². The van der Waals surface area contributed by atoms with Gasteiger partial charge in [-0.25, -0.2) is 9.67 Å². The number of hydrogen-bond acceptors (Lipinski definition) is 4. The van der Waals surface area contributed by atoms with Crippen molar-refractivity contribution in [1.82, 2.24) is 19.7 Å². The monoisotopic (exact) mass is 306 g/mol. The second-order valence-electron chi connectivity index (χ2n) is 4.81. The Kier molecular flexibility index (Phi) is 3.26. The second-order valence-corrected chi connectivity index (χ2v) is 6.38. The van der Waals surface area contributed by atoms with E-state index in [1.54, 1.807) is 11.3 Å². The van der Waals surface area contributed by atoms with Crippen LogP contribution in [0.4, 0.5) is 0 Å². The van der Waals surface area contributed by atoms with E-state index < -0.39 is 0 Å². The first kappa shape index (κ1) is 13.5. The SMILES string of the molecule is CCc1c(C)nn(-c2nc(Cl)nc3sc(C)cc23)c1C. The van der Waals surface area contributed by atoms with Crippen LogP contribution in [-0.2, 0) is 6.42 Å². The number of aryl methyl sites for hydroxylation is 2. The summed E-state index contributed by atoms with van der Waals surface area (Å²) in [5, 5.41) is 5.89. The maximum Gasteiger partial charge on any atom is 0.225 e. The van der Waals surface area contributed by atoms with Crippen LogP contribution in [0, 0.1) is 20.8 Å². The van der Waals surface area contributed by atoms with Crippen LogP contribution in [0.25, 0.3) is 16.0 Å². The van der Waals surface area contributed by atoms with E-state index in [9.17, 15) is 0 Å². The first-order chi connectivity index (χ1) is 9.51. The summed E-state index contributed by atoms with van der Waals surface area (Å²) in [6.45, 7) is 8.29. The molecule has 0 aliphatic carbocycles. The predicted molar refractivity (Wildman–Crippen MR) is 83.1 cm³/mol. The highest BCUT2D eigenvalue weighted by Gasteiger charge is 2.17. The lowest BCUT2D eigenvalue weighted by Gasteiger charge is -2.05. The Morgan fingerprint density at radius 2 is 2.00 bits per heavy atom. The largest absolute Gasteiger partial charge is 0.225 e. The molecule has 104 valence electrons. The molecule has 6 heteroatoms. The van der Waals surface area contributed by atoms with Gasteiger partial charge < -0.3 is 0 Å². The Labute approximate surface area is 126 Å². The molecular weight excluding hydrogens is 292 g/mol. The van der Waals surface area contributed by atoms with Gasteiger partial charge in [-0.15, -0.1) is 11.3 Å². The van der Waals surface area contributed by atoms with Crippen LogP contribution < -0.4 is 0 Å². The number of halogens is 1. The van der Waals surface area contributed by atoms with Crippen molar-refractivity contribution in [2.45, 2.75) is 34.1 Å². The van der Waals surface area contributed by atoms with Crippen molar-refractivity contribution in [3.63, 3.8) is 0 Å². The Morgan fingerprint density at radius 3 is 2.65 bits per heavy atom. The number of rotatable bonds is 2. The van der Waals surface area contributed by atoms with E-state index in [1.807, 2.05) is 11.6 Å². The quantitative estimate of drug-likeness (QED) is 0.672. The van der Waals surface area contributed by atoms with Gasteiger partial charge in [0, 0.05) is 10.6 Å². The smallest absolute Gasteiger partial charge is 0.218 e. The van der Waals surface area contributed by atoms with Gasteiger partial charge >= 0.3 is 0 Å². The van der Waals surface area contributed by atoms with E-state index in [4.69, 9.17) is 11.6 Å². The fourth-order valence-corrected chi connectivity index (χ4v) is 3.64. The lowest BCUT2D eigenvalue weighted by atomic mass is 10.1. The molecule has 3 aromatic heterocycles. The molecule has 0 unspecified atom stereocenters. The number of nitrogens with zero attached hydrogens (tertiary/aromatic N) is 4. The van der Waals surface area contributed by atoms with Crippen molar-refractivity contribution in [3.05, 3.63) is 33.2 Å². The summed E-state index contributed by atoms with van der Waals surface area (Å²) in [7, 11) is 0. The maximum absolute atomic E-state index is 6.06. The summed E-state index contributed by atoms with van der Waals surface area (Å²) < 4.78 is 1.89. The van der Waals surface area contributed by atoms with Crippen molar-refractivity contribution in [1.29, 1.82) is 0 Å². The van der Waals surface area contributed by atoms with Gasteiger partial charge in [0.2, 0.25) is 5.28 Å². The lowest BCUT2D eigenvalue weighted by molar-refractivity contribution is 0.810. The molecule has 0 aromatic carbocycles. The minimum absolute atomic E-state index is 0.264. The highest BCUT2D eigenvalue weighted by Crippen LogP contribution is 2.30. The highest BCUT2D eigenvalue weighted by molar-refractivity contribution is 7.18. The van der Waals surface area contributed by atoms with Crippen LogP contribution in [-0.4, -0.2) is 19.7 Å². The first-order valence-corrected chi connectivity index (χ1v) is 7.69. The standard InChI is InChI=1S/C14H15ClN4S/c1-5-10-8(3)18-19(9(10)4)12-11-6-7(2)20-13(11)17-14(15)16-12/h6H,5H2,1-4H3. The minimum Gasteiger partial charge on any atom is -0.218 e. The fraction of sp³-hybridized carbons (Fsp3) is 0.357. The molecular formula is C14H15ClN4S. The maximum atomic E-state index is 6.06.